The Labute approximate surface area is 201 Å². The van der Waals surface area contributed by atoms with Crippen molar-refractivity contribution in [1.29, 1.82) is 0 Å². The summed E-state index contributed by atoms with van der Waals surface area (Å²) in [5.41, 5.74) is 0.0559. The highest BCUT2D eigenvalue weighted by Crippen LogP contribution is 2.30. The molecule has 0 aliphatic carbocycles. The molecule has 1 aromatic heterocycles. The molecule has 0 bridgehead atoms. The third-order valence-electron chi connectivity index (χ3n) is 6.18. The Kier molecular flexibility index (Phi) is 9.97. The van der Waals surface area contributed by atoms with E-state index in [2.05, 4.69) is 37.5 Å². The Morgan fingerprint density at radius 2 is 1.24 bits per heavy atom. The highest BCUT2D eigenvalue weighted by atomic mass is 32.1. The van der Waals surface area contributed by atoms with Crippen molar-refractivity contribution in [3.05, 3.63) is 46.6 Å². The quantitative estimate of drug-likeness (QED) is 0.225. The molecule has 6 heteroatoms. The molecule has 0 radical (unpaired) electrons. The first-order valence-corrected chi connectivity index (χ1v) is 13.1. The zero-order valence-corrected chi connectivity index (χ0v) is 21.4. The fourth-order valence-corrected chi connectivity index (χ4v) is 5.11. The van der Waals surface area contributed by atoms with Gasteiger partial charge in [0, 0.05) is 33.3 Å². The summed E-state index contributed by atoms with van der Waals surface area (Å²) in [6.45, 7) is 16.4. The molecule has 0 aliphatic rings. The SMILES string of the molecule is CCN(CC)CCCOc1ccc2c(=O)c3cc(OCCCN(CC)CC)ccc3sc2c1. The Hall–Kier alpha value is -2.15. The van der Waals surface area contributed by atoms with Gasteiger partial charge in [0.05, 0.1) is 13.2 Å². The summed E-state index contributed by atoms with van der Waals surface area (Å²) < 4.78 is 13.8. The molecule has 5 nitrogen and oxygen atoms in total. The second-order valence-corrected chi connectivity index (χ2v) is 9.29. The molecule has 0 aliphatic heterocycles. The lowest BCUT2D eigenvalue weighted by atomic mass is 10.1. The van der Waals surface area contributed by atoms with E-state index < -0.39 is 0 Å². The second kappa shape index (κ2) is 12.9. The van der Waals surface area contributed by atoms with E-state index in [-0.39, 0.29) is 5.43 Å². The van der Waals surface area contributed by atoms with Gasteiger partial charge in [0.1, 0.15) is 11.5 Å². The van der Waals surface area contributed by atoms with Crippen LogP contribution in [0.4, 0.5) is 0 Å². The molecule has 3 aromatic rings. The van der Waals surface area contributed by atoms with Crippen LogP contribution in [0.1, 0.15) is 40.5 Å². The highest BCUT2D eigenvalue weighted by Gasteiger charge is 2.09. The van der Waals surface area contributed by atoms with E-state index in [1.54, 1.807) is 11.3 Å². The van der Waals surface area contributed by atoms with Crippen LogP contribution < -0.4 is 14.9 Å². The average molecular weight is 471 g/mol. The topological polar surface area (TPSA) is 42.0 Å². The van der Waals surface area contributed by atoms with Crippen molar-refractivity contribution in [2.24, 2.45) is 0 Å². The molecule has 0 atom stereocenters. The van der Waals surface area contributed by atoms with Crippen LogP contribution >= 0.6 is 11.3 Å². The zero-order chi connectivity index (χ0) is 23.6. The maximum absolute atomic E-state index is 13.1. The van der Waals surface area contributed by atoms with Crippen LogP contribution in [-0.4, -0.2) is 62.3 Å². The Morgan fingerprint density at radius 1 is 0.697 bits per heavy atom. The van der Waals surface area contributed by atoms with E-state index in [4.69, 9.17) is 9.47 Å². The Balaban J connectivity index is 1.67. The molecule has 0 saturated carbocycles. The molecule has 2 aromatic carbocycles. The third kappa shape index (κ3) is 6.92. The summed E-state index contributed by atoms with van der Waals surface area (Å²) in [5, 5.41) is 1.46. The van der Waals surface area contributed by atoms with Gasteiger partial charge in [0.15, 0.2) is 5.43 Å². The third-order valence-corrected chi connectivity index (χ3v) is 7.31. The van der Waals surface area contributed by atoms with Crippen LogP contribution in [0, 0.1) is 0 Å². The fraction of sp³-hybridized carbons (Fsp3) is 0.519. The number of ether oxygens (including phenoxy) is 2. The van der Waals surface area contributed by atoms with Crippen molar-refractivity contribution in [2.45, 2.75) is 40.5 Å². The van der Waals surface area contributed by atoms with Crippen molar-refractivity contribution in [2.75, 3.05) is 52.5 Å². The van der Waals surface area contributed by atoms with E-state index >= 15 is 0 Å². The summed E-state index contributed by atoms with van der Waals surface area (Å²) in [7, 11) is 0. The summed E-state index contributed by atoms with van der Waals surface area (Å²) in [6, 6.07) is 11.7. The van der Waals surface area contributed by atoms with Crippen molar-refractivity contribution in [3.8, 4) is 11.5 Å². The molecule has 1 heterocycles. The Morgan fingerprint density at radius 3 is 1.82 bits per heavy atom. The summed E-state index contributed by atoms with van der Waals surface area (Å²) in [6.07, 6.45) is 1.97. The van der Waals surface area contributed by atoms with Gasteiger partial charge in [-0.3, -0.25) is 4.79 Å². The van der Waals surface area contributed by atoms with E-state index in [1.165, 1.54) is 0 Å². The number of rotatable bonds is 14. The van der Waals surface area contributed by atoms with Gasteiger partial charge in [0.2, 0.25) is 0 Å². The van der Waals surface area contributed by atoms with Crippen molar-refractivity contribution in [1.82, 2.24) is 9.80 Å². The highest BCUT2D eigenvalue weighted by molar-refractivity contribution is 7.24. The number of hydrogen-bond acceptors (Lipinski definition) is 6. The van der Waals surface area contributed by atoms with Crippen LogP contribution in [0.3, 0.4) is 0 Å². The summed E-state index contributed by atoms with van der Waals surface area (Å²) in [5.74, 6) is 1.59. The number of nitrogens with zero attached hydrogens (tertiary/aromatic N) is 2. The maximum atomic E-state index is 13.1. The zero-order valence-electron chi connectivity index (χ0n) is 20.6. The van der Waals surface area contributed by atoms with E-state index in [9.17, 15) is 4.79 Å². The first kappa shape index (κ1) is 25.5. The number of hydrogen-bond donors (Lipinski definition) is 0. The smallest absolute Gasteiger partial charge is 0.196 e. The lowest BCUT2D eigenvalue weighted by Gasteiger charge is -2.17. The molecule has 33 heavy (non-hydrogen) atoms. The fourth-order valence-electron chi connectivity index (χ4n) is 4.03. The van der Waals surface area contributed by atoms with Crippen LogP contribution in [0.15, 0.2) is 41.2 Å². The van der Waals surface area contributed by atoms with Crippen LogP contribution in [0.5, 0.6) is 11.5 Å². The largest absolute Gasteiger partial charge is 0.494 e. The minimum absolute atomic E-state index is 0.0559. The van der Waals surface area contributed by atoms with Crippen molar-refractivity contribution >= 4 is 31.5 Å². The number of fused-ring (bicyclic) bond motifs is 2. The first-order chi connectivity index (χ1) is 16.1. The van der Waals surface area contributed by atoms with Gasteiger partial charge < -0.3 is 19.3 Å². The standard InChI is InChI=1S/C27H38N2O3S/c1-5-28(6-2)15-9-17-31-21-12-14-25-24(19-21)27(30)23-13-11-22(20-26(23)33-25)32-18-10-16-29(7-3)8-4/h11-14,19-20H,5-10,15-18H2,1-4H3. The molecule has 0 saturated heterocycles. The van der Waals surface area contributed by atoms with Gasteiger partial charge in [-0.25, -0.2) is 0 Å². The summed E-state index contributed by atoms with van der Waals surface area (Å²) in [4.78, 5) is 17.9. The first-order valence-electron chi connectivity index (χ1n) is 12.3. The van der Waals surface area contributed by atoms with Gasteiger partial charge >= 0.3 is 0 Å². The van der Waals surface area contributed by atoms with E-state index in [0.717, 1.165) is 83.8 Å². The second-order valence-electron chi connectivity index (χ2n) is 8.20. The van der Waals surface area contributed by atoms with Crippen LogP contribution in [0.2, 0.25) is 0 Å². The van der Waals surface area contributed by atoms with Gasteiger partial charge in [-0.05, 0) is 75.4 Å². The molecule has 180 valence electrons. The monoisotopic (exact) mass is 470 g/mol. The predicted octanol–water partition coefficient (Wildman–Crippen LogP) is 5.64. The molecular weight excluding hydrogens is 432 g/mol. The van der Waals surface area contributed by atoms with Crippen molar-refractivity contribution < 1.29 is 9.47 Å². The molecule has 0 N–H and O–H groups in total. The molecular formula is C27H38N2O3S. The van der Waals surface area contributed by atoms with Gasteiger partial charge in [0.25, 0.3) is 0 Å². The summed E-state index contributed by atoms with van der Waals surface area (Å²) >= 11 is 1.63. The minimum Gasteiger partial charge on any atom is -0.494 e. The normalized spacial score (nSPS) is 11.7. The molecule has 0 fully saturated rings. The Bertz CT molecular complexity index is 1070. The average Bonchev–Trinajstić information content (AvgIpc) is 2.84. The lowest BCUT2D eigenvalue weighted by molar-refractivity contribution is 0.249. The lowest BCUT2D eigenvalue weighted by Crippen LogP contribution is -2.25. The van der Waals surface area contributed by atoms with Gasteiger partial charge in [-0.1, -0.05) is 27.7 Å². The predicted molar refractivity (Wildman–Crippen MR) is 141 cm³/mol. The number of benzene rings is 2. The minimum atomic E-state index is 0.0559. The molecule has 3 rings (SSSR count). The van der Waals surface area contributed by atoms with Gasteiger partial charge in [-0.15, -0.1) is 11.3 Å². The molecule has 0 spiro atoms. The maximum Gasteiger partial charge on any atom is 0.196 e. The van der Waals surface area contributed by atoms with Crippen LogP contribution in [-0.2, 0) is 0 Å². The molecule has 0 unspecified atom stereocenters. The molecule has 0 amide bonds. The van der Waals surface area contributed by atoms with Crippen molar-refractivity contribution in [3.63, 3.8) is 0 Å². The van der Waals surface area contributed by atoms with E-state index in [1.807, 2.05) is 36.4 Å². The van der Waals surface area contributed by atoms with Gasteiger partial charge in [-0.2, -0.15) is 0 Å². The van der Waals surface area contributed by atoms with Crippen LogP contribution in [0.25, 0.3) is 20.2 Å². The van der Waals surface area contributed by atoms with E-state index in [0.29, 0.717) is 13.2 Å².